The van der Waals surface area contributed by atoms with Gasteiger partial charge >= 0.3 is 0 Å². The van der Waals surface area contributed by atoms with Crippen LogP contribution in [0.3, 0.4) is 0 Å². The monoisotopic (exact) mass is 126 g/mol. The van der Waals surface area contributed by atoms with Crippen LogP contribution in [-0.2, 0) is 21.7 Å². The molecule has 0 heterocycles. The molecule has 0 saturated carbocycles. The van der Waals surface area contributed by atoms with Crippen LogP contribution < -0.4 is 0 Å². The molecular formula is C6H6Ti. The quantitative estimate of drug-likeness (QED) is 0.464. The van der Waals surface area contributed by atoms with Gasteiger partial charge in [0.05, 0.1) is 0 Å². The zero-order valence-electron chi connectivity index (χ0n) is 3.96. The minimum absolute atomic E-state index is 0. The van der Waals surface area contributed by atoms with Gasteiger partial charge in [0.1, 0.15) is 0 Å². The molecule has 0 aliphatic heterocycles. The van der Waals surface area contributed by atoms with Gasteiger partial charge in [-0.3, -0.25) is 0 Å². The first-order valence-electron chi connectivity index (χ1n) is 2.00. The van der Waals surface area contributed by atoms with Crippen molar-refractivity contribution >= 4 is 0 Å². The van der Waals surface area contributed by atoms with E-state index in [4.69, 9.17) is 0 Å². The Labute approximate surface area is 58.4 Å². The van der Waals surface area contributed by atoms with Gasteiger partial charge in [-0.15, -0.1) is 0 Å². The van der Waals surface area contributed by atoms with Crippen LogP contribution in [0.25, 0.3) is 0 Å². The van der Waals surface area contributed by atoms with E-state index in [1.54, 1.807) is 0 Å². The molecule has 0 atom stereocenters. The Balaban J connectivity index is 0.000000360. The van der Waals surface area contributed by atoms with Crippen LogP contribution in [0.5, 0.6) is 0 Å². The fourth-order valence-electron chi connectivity index (χ4n) is 0.385. The van der Waals surface area contributed by atoms with E-state index >= 15 is 0 Å². The van der Waals surface area contributed by atoms with E-state index in [0.717, 1.165) is 0 Å². The maximum Gasteiger partial charge on any atom is 0 e. The second-order valence-electron chi connectivity index (χ2n) is 1.15. The van der Waals surface area contributed by atoms with Crippen molar-refractivity contribution in [2.24, 2.45) is 0 Å². The molecule has 0 fully saturated rings. The Hall–Kier alpha value is -0.0657. The molecule has 0 amide bonds. The molecule has 0 aromatic heterocycles. The largest absolute Gasteiger partial charge is 0.0623 e. The van der Waals surface area contributed by atoms with Crippen molar-refractivity contribution in [3.8, 4) is 0 Å². The number of rotatable bonds is 0. The smallest absolute Gasteiger partial charge is 0 e. The molecule has 0 spiro atoms. The first-order valence-corrected chi connectivity index (χ1v) is 2.00. The normalized spacial score (nSPS) is 6.86. The van der Waals surface area contributed by atoms with Gasteiger partial charge in [0, 0.05) is 21.7 Å². The van der Waals surface area contributed by atoms with E-state index in [9.17, 15) is 0 Å². The molecule has 7 heavy (non-hydrogen) atoms. The number of hydrogen-bond donors (Lipinski definition) is 0. The van der Waals surface area contributed by atoms with E-state index in [0.29, 0.717) is 0 Å². The van der Waals surface area contributed by atoms with Crippen molar-refractivity contribution in [1.82, 2.24) is 0 Å². The van der Waals surface area contributed by atoms with Crippen molar-refractivity contribution in [3.63, 3.8) is 0 Å². The number of benzene rings is 1. The Kier molecular flexibility index (Phi) is 4.06. The molecule has 0 nitrogen and oxygen atoms in total. The van der Waals surface area contributed by atoms with E-state index in [1.807, 2.05) is 36.4 Å². The van der Waals surface area contributed by atoms with Crippen LogP contribution in [0.15, 0.2) is 36.4 Å². The molecule has 0 unspecified atom stereocenters. The van der Waals surface area contributed by atoms with E-state index in [2.05, 4.69) is 0 Å². The van der Waals surface area contributed by atoms with Crippen molar-refractivity contribution in [2.75, 3.05) is 0 Å². The Morgan fingerprint density at radius 2 is 0.571 bits per heavy atom. The van der Waals surface area contributed by atoms with Gasteiger partial charge < -0.3 is 0 Å². The Morgan fingerprint density at radius 1 is 0.429 bits per heavy atom. The van der Waals surface area contributed by atoms with E-state index in [-0.39, 0.29) is 21.7 Å². The van der Waals surface area contributed by atoms with E-state index < -0.39 is 0 Å². The van der Waals surface area contributed by atoms with Crippen molar-refractivity contribution in [3.05, 3.63) is 36.4 Å². The Morgan fingerprint density at radius 3 is 0.714 bits per heavy atom. The molecule has 0 bridgehead atoms. The zero-order valence-corrected chi connectivity index (χ0v) is 5.53. The molecule has 0 saturated heterocycles. The van der Waals surface area contributed by atoms with Crippen molar-refractivity contribution < 1.29 is 21.7 Å². The molecule has 34 valence electrons. The van der Waals surface area contributed by atoms with Crippen LogP contribution in [-0.4, -0.2) is 0 Å². The maximum atomic E-state index is 2.00. The first kappa shape index (κ1) is 6.93. The van der Waals surface area contributed by atoms with Gasteiger partial charge in [-0.05, 0) is 0 Å². The second-order valence-corrected chi connectivity index (χ2v) is 1.15. The van der Waals surface area contributed by atoms with Crippen LogP contribution in [0.2, 0.25) is 0 Å². The summed E-state index contributed by atoms with van der Waals surface area (Å²) in [5, 5.41) is 0. The topological polar surface area (TPSA) is 0 Å². The summed E-state index contributed by atoms with van der Waals surface area (Å²) in [5.74, 6) is 0. The zero-order chi connectivity index (χ0) is 4.24. The van der Waals surface area contributed by atoms with Crippen LogP contribution >= 0.6 is 0 Å². The second kappa shape index (κ2) is 4.10. The van der Waals surface area contributed by atoms with Gasteiger partial charge in [0.25, 0.3) is 0 Å². The summed E-state index contributed by atoms with van der Waals surface area (Å²) in [6, 6.07) is 12.0. The summed E-state index contributed by atoms with van der Waals surface area (Å²) in [4.78, 5) is 0. The minimum Gasteiger partial charge on any atom is -0.0623 e. The van der Waals surface area contributed by atoms with Gasteiger partial charge in [0.15, 0.2) is 0 Å². The first-order chi connectivity index (χ1) is 3.00. The van der Waals surface area contributed by atoms with Gasteiger partial charge in [-0.2, -0.15) is 0 Å². The molecule has 1 aromatic carbocycles. The summed E-state index contributed by atoms with van der Waals surface area (Å²) in [6.45, 7) is 0. The SMILES string of the molecule is [Ti].c1ccccc1. The fourth-order valence-corrected chi connectivity index (χ4v) is 0.385. The van der Waals surface area contributed by atoms with Gasteiger partial charge in [-0.25, -0.2) is 0 Å². The molecule has 1 aromatic rings. The predicted octanol–water partition coefficient (Wildman–Crippen LogP) is 1.68. The summed E-state index contributed by atoms with van der Waals surface area (Å²) < 4.78 is 0. The third kappa shape index (κ3) is 2.61. The van der Waals surface area contributed by atoms with Crippen molar-refractivity contribution in [1.29, 1.82) is 0 Å². The third-order valence-corrected chi connectivity index (χ3v) is 0.667. The average molecular weight is 126 g/mol. The molecule has 0 radical (unpaired) electrons. The maximum absolute atomic E-state index is 2.00. The number of hydrogen-bond acceptors (Lipinski definition) is 0. The molecule has 1 heteroatoms. The summed E-state index contributed by atoms with van der Waals surface area (Å²) in [5.41, 5.74) is 0. The fraction of sp³-hybridized carbons (Fsp3) is 0. The van der Waals surface area contributed by atoms with Crippen molar-refractivity contribution in [2.45, 2.75) is 0 Å². The van der Waals surface area contributed by atoms with Gasteiger partial charge in [-0.1, -0.05) is 36.4 Å². The molecule has 0 aliphatic carbocycles. The summed E-state index contributed by atoms with van der Waals surface area (Å²) in [7, 11) is 0. The van der Waals surface area contributed by atoms with Gasteiger partial charge in [0.2, 0.25) is 0 Å². The van der Waals surface area contributed by atoms with Crippen LogP contribution in [0.4, 0.5) is 0 Å². The molecular weight excluding hydrogens is 120 g/mol. The van der Waals surface area contributed by atoms with Crippen LogP contribution in [0, 0.1) is 0 Å². The van der Waals surface area contributed by atoms with E-state index in [1.165, 1.54) is 0 Å². The Bertz CT molecular complexity index is 76.1. The standard InChI is InChI=1S/C6H6.Ti/c1-2-4-6-5-3-1;/h1-6H;. The molecule has 0 N–H and O–H groups in total. The molecule has 0 aliphatic rings. The summed E-state index contributed by atoms with van der Waals surface area (Å²) in [6.07, 6.45) is 0. The summed E-state index contributed by atoms with van der Waals surface area (Å²) >= 11 is 0. The predicted molar refractivity (Wildman–Crippen MR) is 26.4 cm³/mol. The average Bonchev–Trinajstić information content (AvgIpc) is 1.72. The molecule has 1 rings (SSSR count). The van der Waals surface area contributed by atoms with Crippen LogP contribution in [0.1, 0.15) is 0 Å². The minimum atomic E-state index is 0. The third-order valence-electron chi connectivity index (χ3n) is 0.667.